The topological polar surface area (TPSA) is 88.3 Å². The lowest BCUT2D eigenvalue weighted by molar-refractivity contribution is 0.122. The minimum atomic E-state index is 0.205. The van der Waals surface area contributed by atoms with Gasteiger partial charge in [-0.05, 0) is 44.2 Å². The van der Waals surface area contributed by atoms with Gasteiger partial charge in [-0.2, -0.15) is 4.98 Å². The standard InChI is InChI=1S/C24H26N6O2/c1-3-30-16(2)25-21-14-18(7-8-22(21)30)26-23-15-20(17-5-4-6-19(31)13-17)27-24(28-23)29-9-11-32-12-10-29/h4-8,13-15,31H,3,9-12H2,1-2H3,(H,26,27,28). The van der Waals surface area contributed by atoms with Gasteiger partial charge < -0.3 is 24.6 Å². The molecule has 164 valence electrons. The zero-order chi connectivity index (χ0) is 22.1. The van der Waals surface area contributed by atoms with Crippen LogP contribution in [0.4, 0.5) is 17.5 Å². The molecule has 0 aliphatic carbocycles. The molecule has 0 unspecified atom stereocenters. The minimum Gasteiger partial charge on any atom is -0.508 e. The maximum Gasteiger partial charge on any atom is 0.228 e. The Hall–Kier alpha value is -3.65. The third-order valence-corrected chi connectivity index (χ3v) is 5.68. The molecule has 2 aromatic carbocycles. The normalized spacial score (nSPS) is 14.1. The number of fused-ring (bicyclic) bond motifs is 1. The molecule has 5 rings (SSSR count). The Morgan fingerprint density at radius 1 is 1.03 bits per heavy atom. The van der Waals surface area contributed by atoms with Crippen LogP contribution in [0, 0.1) is 6.92 Å². The fourth-order valence-electron chi connectivity index (χ4n) is 4.09. The Morgan fingerprint density at radius 2 is 1.88 bits per heavy atom. The molecule has 0 spiro atoms. The third kappa shape index (κ3) is 3.97. The first kappa shape index (κ1) is 20.3. The lowest BCUT2D eigenvalue weighted by Crippen LogP contribution is -2.37. The number of phenols is 1. The van der Waals surface area contributed by atoms with Gasteiger partial charge in [-0.25, -0.2) is 9.97 Å². The molecule has 1 fully saturated rings. The number of aryl methyl sites for hydroxylation is 2. The lowest BCUT2D eigenvalue weighted by Gasteiger charge is -2.27. The van der Waals surface area contributed by atoms with Crippen LogP contribution in [0.25, 0.3) is 22.3 Å². The van der Waals surface area contributed by atoms with E-state index >= 15 is 0 Å². The summed E-state index contributed by atoms with van der Waals surface area (Å²) < 4.78 is 7.68. The first-order chi connectivity index (χ1) is 15.6. The van der Waals surface area contributed by atoms with E-state index in [1.165, 1.54) is 0 Å². The van der Waals surface area contributed by atoms with Crippen LogP contribution in [0.2, 0.25) is 0 Å². The maximum atomic E-state index is 9.95. The fraction of sp³-hybridized carbons (Fsp3) is 0.292. The number of imidazole rings is 1. The first-order valence-electron chi connectivity index (χ1n) is 10.9. The number of hydrogen-bond donors (Lipinski definition) is 2. The van der Waals surface area contributed by atoms with Crippen molar-refractivity contribution >= 4 is 28.5 Å². The van der Waals surface area contributed by atoms with Crippen molar-refractivity contribution in [2.45, 2.75) is 20.4 Å². The summed E-state index contributed by atoms with van der Waals surface area (Å²) in [6.07, 6.45) is 0. The van der Waals surface area contributed by atoms with Crippen molar-refractivity contribution in [1.29, 1.82) is 0 Å². The number of hydrogen-bond acceptors (Lipinski definition) is 7. The molecule has 8 heteroatoms. The third-order valence-electron chi connectivity index (χ3n) is 5.68. The molecule has 4 aromatic rings. The van der Waals surface area contributed by atoms with Crippen LogP contribution >= 0.6 is 0 Å². The van der Waals surface area contributed by atoms with Crippen LogP contribution < -0.4 is 10.2 Å². The van der Waals surface area contributed by atoms with Crippen LogP contribution in [0.1, 0.15) is 12.7 Å². The van der Waals surface area contributed by atoms with Crippen molar-refractivity contribution in [3.63, 3.8) is 0 Å². The fourth-order valence-corrected chi connectivity index (χ4v) is 4.09. The predicted molar refractivity (Wildman–Crippen MR) is 126 cm³/mol. The second kappa shape index (κ2) is 8.47. The summed E-state index contributed by atoms with van der Waals surface area (Å²) in [6.45, 7) is 7.81. The number of anilines is 3. The van der Waals surface area contributed by atoms with Crippen LogP contribution in [-0.4, -0.2) is 50.9 Å². The van der Waals surface area contributed by atoms with Gasteiger partial charge in [0.25, 0.3) is 0 Å². The van der Waals surface area contributed by atoms with Crippen LogP contribution in [-0.2, 0) is 11.3 Å². The van der Waals surface area contributed by atoms with E-state index in [-0.39, 0.29) is 5.75 Å². The van der Waals surface area contributed by atoms with Crippen molar-refractivity contribution < 1.29 is 9.84 Å². The number of ether oxygens (including phenoxy) is 1. The summed E-state index contributed by atoms with van der Waals surface area (Å²) in [5.74, 6) is 2.54. The van der Waals surface area contributed by atoms with Crippen molar-refractivity contribution in [3.05, 3.63) is 54.4 Å². The van der Waals surface area contributed by atoms with E-state index in [1.807, 2.05) is 37.3 Å². The van der Waals surface area contributed by atoms with Gasteiger partial charge in [0.1, 0.15) is 17.4 Å². The number of aromatic nitrogens is 4. The minimum absolute atomic E-state index is 0.205. The van der Waals surface area contributed by atoms with Gasteiger partial charge in [0.2, 0.25) is 5.95 Å². The van der Waals surface area contributed by atoms with Gasteiger partial charge in [-0.1, -0.05) is 12.1 Å². The van der Waals surface area contributed by atoms with Crippen molar-refractivity contribution in [2.75, 3.05) is 36.5 Å². The zero-order valence-electron chi connectivity index (χ0n) is 18.2. The zero-order valence-corrected chi connectivity index (χ0v) is 18.2. The van der Waals surface area contributed by atoms with Crippen molar-refractivity contribution in [3.8, 4) is 17.0 Å². The van der Waals surface area contributed by atoms with E-state index in [4.69, 9.17) is 19.7 Å². The van der Waals surface area contributed by atoms with Gasteiger partial charge in [0.05, 0.1) is 29.9 Å². The second-order valence-corrected chi connectivity index (χ2v) is 7.82. The van der Waals surface area contributed by atoms with Crippen molar-refractivity contribution in [1.82, 2.24) is 19.5 Å². The van der Waals surface area contributed by atoms with Gasteiger partial charge in [0, 0.05) is 37.0 Å². The highest BCUT2D eigenvalue weighted by atomic mass is 16.5. The summed E-state index contributed by atoms with van der Waals surface area (Å²) in [4.78, 5) is 16.4. The smallest absolute Gasteiger partial charge is 0.228 e. The maximum absolute atomic E-state index is 9.95. The van der Waals surface area contributed by atoms with Gasteiger partial charge >= 0.3 is 0 Å². The number of benzene rings is 2. The lowest BCUT2D eigenvalue weighted by atomic mass is 10.1. The molecule has 1 saturated heterocycles. The van der Waals surface area contributed by atoms with Gasteiger partial charge in [-0.15, -0.1) is 0 Å². The molecule has 2 N–H and O–H groups in total. The Bertz CT molecular complexity index is 1260. The number of aromatic hydroxyl groups is 1. The molecule has 8 nitrogen and oxygen atoms in total. The van der Waals surface area contributed by atoms with E-state index in [2.05, 4.69) is 27.8 Å². The van der Waals surface area contributed by atoms with Crippen LogP contribution in [0.15, 0.2) is 48.5 Å². The van der Waals surface area contributed by atoms with E-state index < -0.39 is 0 Å². The molecular weight excluding hydrogens is 404 g/mol. The van der Waals surface area contributed by atoms with Crippen LogP contribution in [0.5, 0.6) is 5.75 Å². The number of morpholine rings is 1. The SMILES string of the molecule is CCn1c(C)nc2cc(Nc3cc(-c4cccc(O)c4)nc(N4CCOCC4)n3)ccc21. The Balaban J connectivity index is 1.53. The number of phenolic OH excluding ortho intramolecular Hbond substituents is 1. The number of rotatable bonds is 5. The average Bonchev–Trinajstić information content (AvgIpc) is 3.13. The average molecular weight is 431 g/mol. The molecule has 0 atom stereocenters. The second-order valence-electron chi connectivity index (χ2n) is 7.82. The molecule has 0 bridgehead atoms. The van der Waals surface area contributed by atoms with E-state index in [1.54, 1.807) is 12.1 Å². The summed E-state index contributed by atoms with van der Waals surface area (Å²) in [6, 6.07) is 15.2. The van der Waals surface area contributed by atoms with Gasteiger partial charge in [0.15, 0.2) is 0 Å². The number of nitrogens with one attached hydrogen (secondary N) is 1. The van der Waals surface area contributed by atoms with Crippen molar-refractivity contribution in [2.24, 2.45) is 0 Å². The Labute approximate surface area is 186 Å². The van der Waals surface area contributed by atoms with Gasteiger partial charge in [-0.3, -0.25) is 0 Å². The Kier molecular flexibility index (Phi) is 5.36. The summed E-state index contributed by atoms with van der Waals surface area (Å²) in [5, 5.41) is 13.4. The predicted octanol–water partition coefficient (Wildman–Crippen LogP) is 4.11. The highest BCUT2D eigenvalue weighted by molar-refractivity contribution is 5.81. The highest BCUT2D eigenvalue weighted by Crippen LogP contribution is 2.28. The molecule has 3 heterocycles. The molecule has 0 saturated carbocycles. The molecule has 32 heavy (non-hydrogen) atoms. The Morgan fingerprint density at radius 3 is 2.66 bits per heavy atom. The molecule has 0 amide bonds. The number of nitrogens with zero attached hydrogens (tertiary/aromatic N) is 5. The quantitative estimate of drug-likeness (QED) is 0.493. The first-order valence-corrected chi connectivity index (χ1v) is 10.9. The molecule has 1 aliphatic rings. The molecule has 1 aliphatic heterocycles. The van der Waals surface area contributed by atoms with Crippen LogP contribution in [0.3, 0.4) is 0 Å². The molecular formula is C24H26N6O2. The highest BCUT2D eigenvalue weighted by Gasteiger charge is 2.17. The summed E-state index contributed by atoms with van der Waals surface area (Å²) in [5.41, 5.74) is 4.55. The van der Waals surface area contributed by atoms with E-state index in [0.717, 1.165) is 53.4 Å². The molecule has 2 aromatic heterocycles. The molecule has 0 radical (unpaired) electrons. The summed E-state index contributed by atoms with van der Waals surface area (Å²) >= 11 is 0. The largest absolute Gasteiger partial charge is 0.508 e. The van der Waals surface area contributed by atoms with E-state index in [0.29, 0.717) is 25.0 Å². The summed E-state index contributed by atoms with van der Waals surface area (Å²) in [7, 11) is 0. The monoisotopic (exact) mass is 430 g/mol. The van der Waals surface area contributed by atoms with E-state index in [9.17, 15) is 5.11 Å².